The minimum Gasteiger partial charge on any atom is -0.505 e. The molecule has 0 aliphatic carbocycles. The van der Waals surface area contributed by atoms with Gasteiger partial charge in [-0.3, -0.25) is 9.78 Å². The third-order valence-corrected chi connectivity index (χ3v) is 6.42. The molecule has 2 aromatic carbocycles. The summed E-state index contributed by atoms with van der Waals surface area (Å²) in [6, 6.07) is 17.9. The fraction of sp³-hybridized carbons (Fsp3) is 0.0800. The van der Waals surface area contributed by atoms with Crippen molar-refractivity contribution >= 4 is 33.6 Å². The standard InChI is InChI=1S/C25H18N2O5S/c1-31-18-10-4-5-11-19(18)33-23-21(28)20-22(32-25(23)30)16-8-2-3-9-17(16)27(24(20)29)14-15-7-6-12-26-13-15/h2-13,28H,14H2,1H3. The molecule has 0 saturated carbocycles. The van der Waals surface area contributed by atoms with Gasteiger partial charge in [0, 0.05) is 17.8 Å². The van der Waals surface area contributed by atoms with Gasteiger partial charge in [0.1, 0.15) is 16.0 Å². The van der Waals surface area contributed by atoms with Gasteiger partial charge in [-0.05, 0) is 35.9 Å². The molecule has 0 amide bonds. The number of aromatic hydroxyl groups is 1. The van der Waals surface area contributed by atoms with Crippen LogP contribution in [0.25, 0.3) is 21.9 Å². The minimum atomic E-state index is -0.731. The summed E-state index contributed by atoms with van der Waals surface area (Å²) in [5.74, 6) is 0.127. The van der Waals surface area contributed by atoms with Gasteiger partial charge in [0.05, 0.1) is 24.1 Å². The molecule has 3 heterocycles. The number of hydrogen-bond donors (Lipinski definition) is 1. The second kappa shape index (κ2) is 8.48. The summed E-state index contributed by atoms with van der Waals surface area (Å²) in [5.41, 5.74) is 0.280. The number of fused-ring (bicyclic) bond motifs is 3. The van der Waals surface area contributed by atoms with Crippen molar-refractivity contribution in [2.75, 3.05) is 7.11 Å². The highest BCUT2D eigenvalue weighted by Crippen LogP contribution is 2.40. The zero-order valence-corrected chi connectivity index (χ0v) is 18.3. The average molecular weight is 458 g/mol. The van der Waals surface area contributed by atoms with E-state index in [1.807, 2.05) is 6.07 Å². The van der Waals surface area contributed by atoms with Gasteiger partial charge in [0.15, 0.2) is 11.3 Å². The number of ether oxygens (including phenoxy) is 1. The van der Waals surface area contributed by atoms with Crippen molar-refractivity contribution in [3.8, 4) is 11.5 Å². The molecule has 7 nitrogen and oxygen atoms in total. The SMILES string of the molecule is COc1ccccc1Sc1c(O)c2c(=O)n(Cc3cccnc3)c3ccccc3c2oc1=O. The van der Waals surface area contributed by atoms with E-state index < -0.39 is 16.9 Å². The number of para-hydroxylation sites is 2. The summed E-state index contributed by atoms with van der Waals surface area (Å²) in [7, 11) is 1.52. The minimum absolute atomic E-state index is 0.0467. The molecule has 5 rings (SSSR count). The van der Waals surface area contributed by atoms with Crippen molar-refractivity contribution < 1.29 is 14.3 Å². The Morgan fingerprint density at radius 3 is 2.64 bits per heavy atom. The molecule has 33 heavy (non-hydrogen) atoms. The lowest BCUT2D eigenvalue weighted by Crippen LogP contribution is -2.22. The summed E-state index contributed by atoms with van der Waals surface area (Å²) < 4.78 is 12.5. The van der Waals surface area contributed by atoms with Gasteiger partial charge >= 0.3 is 5.63 Å². The van der Waals surface area contributed by atoms with Crippen LogP contribution in [-0.2, 0) is 6.54 Å². The Labute approximate surface area is 191 Å². The van der Waals surface area contributed by atoms with E-state index in [0.29, 0.717) is 21.5 Å². The summed E-state index contributed by atoms with van der Waals surface area (Å²) in [5, 5.41) is 11.6. The first-order valence-corrected chi connectivity index (χ1v) is 10.9. The lowest BCUT2D eigenvalue weighted by Gasteiger charge is -2.14. The molecule has 0 bridgehead atoms. The number of hydrogen-bond acceptors (Lipinski definition) is 7. The van der Waals surface area contributed by atoms with Gasteiger partial charge in [-0.25, -0.2) is 4.79 Å². The highest BCUT2D eigenvalue weighted by Gasteiger charge is 2.23. The quantitative estimate of drug-likeness (QED) is 0.390. The highest BCUT2D eigenvalue weighted by molar-refractivity contribution is 7.99. The molecule has 0 aliphatic heterocycles. The van der Waals surface area contributed by atoms with Crippen molar-refractivity contribution in [3.05, 3.63) is 99.4 Å². The third kappa shape index (κ3) is 3.64. The van der Waals surface area contributed by atoms with Crippen molar-refractivity contribution in [3.63, 3.8) is 0 Å². The number of methoxy groups -OCH3 is 1. The molecular weight excluding hydrogens is 440 g/mol. The Morgan fingerprint density at radius 2 is 1.85 bits per heavy atom. The van der Waals surface area contributed by atoms with E-state index in [9.17, 15) is 14.7 Å². The smallest absolute Gasteiger partial charge is 0.354 e. The zero-order chi connectivity index (χ0) is 22.9. The molecule has 0 saturated heterocycles. The van der Waals surface area contributed by atoms with Crippen LogP contribution in [-0.4, -0.2) is 21.8 Å². The topological polar surface area (TPSA) is 94.6 Å². The molecule has 0 radical (unpaired) electrons. The van der Waals surface area contributed by atoms with Crippen molar-refractivity contribution in [1.29, 1.82) is 0 Å². The lowest BCUT2D eigenvalue weighted by molar-refractivity contribution is 0.404. The van der Waals surface area contributed by atoms with E-state index in [4.69, 9.17) is 9.15 Å². The molecule has 0 aliphatic rings. The Morgan fingerprint density at radius 1 is 1.06 bits per heavy atom. The van der Waals surface area contributed by atoms with Crippen LogP contribution in [0.15, 0.2) is 96.9 Å². The molecule has 8 heteroatoms. The van der Waals surface area contributed by atoms with E-state index in [1.165, 1.54) is 7.11 Å². The Kier molecular flexibility index (Phi) is 5.35. The molecule has 164 valence electrons. The maximum Gasteiger partial charge on any atom is 0.354 e. The number of rotatable bonds is 5. The first-order chi connectivity index (χ1) is 16.1. The van der Waals surface area contributed by atoms with Gasteiger partial charge in [-0.15, -0.1) is 0 Å². The highest BCUT2D eigenvalue weighted by atomic mass is 32.2. The summed E-state index contributed by atoms with van der Waals surface area (Å²) in [6.07, 6.45) is 3.34. The maximum absolute atomic E-state index is 13.6. The zero-order valence-electron chi connectivity index (χ0n) is 17.5. The van der Waals surface area contributed by atoms with Gasteiger partial charge < -0.3 is 18.8 Å². The Bertz CT molecular complexity index is 1610. The molecule has 0 fully saturated rings. The average Bonchev–Trinajstić information content (AvgIpc) is 2.85. The molecule has 0 unspecified atom stereocenters. The number of aromatic nitrogens is 2. The lowest BCUT2D eigenvalue weighted by atomic mass is 10.1. The Balaban J connectivity index is 1.79. The molecule has 5 aromatic rings. The van der Waals surface area contributed by atoms with Crippen molar-refractivity contribution in [2.24, 2.45) is 0 Å². The van der Waals surface area contributed by atoms with Crippen LogP contribution in [0.3, 0.4) is 0 Å². The van der Waals surface area contributed by atoms with Crippen molar-refractivity contribution in [1.82, 2.24) is 9.55 Å². The molecule has 0 atom stereocenters. The molecule has 0 spiro atoms. The first-order valence-electron chi connectivity index (χ1n) is 10.1. The van der Waals surface area contributed by atoms with Crippen molar-refractivity contribution in [2.45, 2.75) is 16.3 Å². The van der Waals surface area contributed by atoms with Crippen LogP contribution < -0.4 is 15.9 Å². The maximum atomic E-state index is 13.6. The third-order valence-electron chi connectivity index (χ3n) is 5.30. The summed E-state index contributed by atoms with van der Waals surface area (Å²) in [4.78, 5) is 31.1. The largest absolute Gasteiger partial charge is 0.505 e. The van der Waals surface area contributed by atoms with E-state index in [-0.39, 0.29) is 22.4 Å². The summed E-state index contributed by atoms with van der Waals surface area (Å²) in [6.45, 7) is 0.247. The normalized spacial score (nSPS) is 11.2. The molecule has 1 N–H and O–H groups in total. The van der Waals surface area contributed by atoms with E-state index in [0.717, 1.165) is 17.3 Å². The van der Waals surface area contributed by atoms with E-state index >= 15 is 0 Å². The van der Waals surface area contributed by atoms with Gasteiger partial charge in [0.2, 0.25) is 0 Å². The second-order valence-electron chi connectivity index (χ2n) is 7.29. The van der Waals surface area contributed by atoms with E-state index in [1.54, 1.807) is 71.6 Å². The summed E-state index contributed by atoms with van der Waals surface area (Å²) >= 11 is 0.991. The first kappa shape index (κ1) is 20.8. The van der Waals surface area contributed by atoms with E-state index in [2.05, 4.69) is 4.98 Å². The second-order valence-corrected chi connectivity index (χ2v) is 8.35. The van der Waals surface area contributed by atoms with Crippen LogP contribution in [0, 0.1) is 0 Å². The van der Waals surface area contributed by atoms with Crippen LogP contribution in [0.1, 0.15) is 5.56 Å². The predicted octanol–water partition coefficient (Wildman–Crippen LogP) is 4.42. The monoisotopic (exact) mass is 458 g/mol. The Hall–Kier alpha value is -4.04. The molecule has 3 aromatic heterocycles. The van der Waals surface area contributed by atoms with Crippen LogP contribution in [0.2, 0.25) is 0 Å². The number of nitrogens with zero attached hydrogens (tertiary/aromatic N) is 2. The fourth-order valence-electron chi connectivity index (χ4n) is 3.78. The van der Waals surface area contributed by atoms with Gasteiger partial charge in [0.25, 0.3) is 5.56 Å². The van der Waals surface area contributed by atoms with Gasteiger partial charge in [-0.1, -0.05) is 42.1 Å². The van der Waals surface area contributed by atoms with Crippen LogP contribution >= 0.6 is 11.8 Å². The fourth-order valence-corrected chi connectivity index (χ4v) is 4.72. The van der Waals surface area contributed by atoms with Gasteiger partial charge in [-0.2, -0.15) is 0 Å². The predicted molar refractivity (Wildman–Crippen MR) is 126 cm³/mol. The number of pyridine rings is 2. The number of benzene rings is 2. The molecular formula is C25H18N2O5S. The van der Waals surface area contributed by atoms with Crippen LogP contribution in [0.4, 0.5) is 0 Å². The van der Waals surface area contributed by atoms with Crippen LogP contribution in [0.5, 0.6) is 11.5 Å².